The highest BCUT2D eigenvalue weighted by Gasteiger charge is 2.28. The van der Waals surface area contributed by atoms with Crippen LogP contribution in [0.5, 0.6) is 0 Å². The van der Waals surface area contributed by atoms with Crippen LogP contribution in [0.4, 0.5) is 5.82 Å². The molecule has 0 saturated carbocycles. The predicted octanol–water partition coefficient (Wildman–Crippen LogP) is 3.91. The zero-order chi connectivity index (χ0) is 19.6. The second kappa shape index (κ2) is 7.54. The summed E-state index contributed by atoms with van der Waals surface area (Å²) in [6.07, 6.45) is 3.40. The van der Waals surface area contributed by atoms with E-state index in [1.807, 2.05) is 54.6 Å². The third kappa shape index (κ3) is 3.42. The van der Waals surface area contributed by atoms with Gasteiger partial charge in [0.25, 0.3) is 0 Å². The van der Waals surface area contributed by atoms with Crippen molar-refractivity contribution in [3.8, 4) is 0 Å². The highest BCUT2D eigenvalue weighted by molar-refractivity contribution is 6.05. The molecule has 29 heavy (non-hydrogen) atoms. The van der Waals surface area contributed by atoms with Gasteiger partial charge in [-0.25, -0.2) is 9.97 Å². The maximum absolute atomic E-state index is 12.8. The summed E-state index contributed by atoms with van der Waals surface area (Å²) < 4.78 is 6.07. The number of aromatic nitrogens is 2. The van der Waals surface area contributed by atoms with E-state index >= 15 is 0 Å². The molecule has 0 aliphatic carbocycles. The van der Waals surface area contributed by atoms with Gasteiger partial charge in [-0.1, -0.05) is 42.5 Å². The molecule has 1 aliphatic heterocycles. The molecule has 0 radical (unpaired) electrons. The minimum absolute atomic E-state index is 0.0677. The van der Waals surface area contributed by atoms with Gasteiger partial charge in [-0.3, -0.25) is 4.79 Å². The lowest BCUT2D eigenvalue weighted by Gasteiger charge is -2.32. The lowest BCUT2D eigenvalue weighted by molar-refractivity contribution is -0.125. The number of benzene rings is 2. The highest BCUT2D eigenvalue weighted by atomic mass is 16.3. The molecule has 6 heteroatoms. The molecular weight excluding hydrogens is 364 g/mol. The van der Waals surface area contributed by atoms with Crippen molar-refractivity contribution in [1.29, 1.82) is 0 Å². The highest BCUT2D eigenvalue weighted by Crippen LogP contribution is 2.33. The number of para-hydroxylation sites is 1. The van der Waals surface area contributed by atoms with Gasteiger partial charge < -0.3 is 14.6 Å². The third-order valence-electron chi connectivity index (χ3n) is 5.54. The van der Waals surface area contributed by atoms with Crippen molar-refractivity contribution >= 4 is 33.8 Å². The standard InChI is InChI=1S/C23H22N4O2/c28-23(24-13-16-7-2-1-3-8-16)17-9-6-12-27(14-17)22-21-20(25-15-26-22)18-10-4-5-11-19(18)29-21/h1-5,7-8,10-11,15,17H,6,9,12-14H2,(H,24,28)/t17-/m0/s1. The van der Waals surface area contributed by atoms with Gasteiger partial charge >= 0.3 is 0 Å². The summed E-state index contributed by atoms with van der Waals surface area (Å²) in [5.74, 6) is 0.794. The van der Waals surface area contributed by atoms with E-state index in [9.17, 15) is 4.79 Å². The molecular formula is C23H22N4O2. The number of hydrogen-bond acceptors (Lipinski definition) is 5. The van der Waals surface area contributed by atoms with Crippen LogP contribution in [0.3, 0.4) is 0 Å². The topological polar surface area (TPSA) is 71.3 Å². The Morgan fingerprint density at radius 2 is 1.93 bits per heavy atom. The van der Waals surface area contributed by atoms with Gasteiger partial charge in [0.15, 0.2) is 11.4 Å². The maximum Gasteiger partial charge on any atom is 0.225 e. The lowest BCUT2D eigenvalue weighted by atomic mass is 9.97. The minimum Gasteiger partial charge on any atom is -0.450 e. The van der Waals surface area contributed by atoms with Gasteiger partial charge in [-0.2, -0.15) is 0 Å². The quantitative estimate of drug-likeness (QED) is 0.576. The van der Waals surface area contributed by atoms with E-state index in [0.29, 0.717) is 18.7 Å². The Labute approximate surface area is 168 Å². The van der Waals surface area contributed by atoms with Crippen LogP contribution < -0.4 is 10.2 Å². The molecule has 1 amide bonds. The minimum atomic E-state index is -0.0677. The number of anilines is 1. The summed E-state index contributed by atoms with van der Waals surface area (Å²) in [5.41, 5.74) is 3.42. The summed E-state index contributed by atoms with van der Waals surface area (Å²) in [7, 11) is 0. The average molecular weight is 386 g/mol. The fourth-order valence-corrected chi connectivity index (χ4v) is 4.05. The molecule has 4 aromatic rings. The molecule has 2 aromatic heterocycles. The Balaban J connectivity index is 1.36. The van der Waals surface area contributed by atoms with E-state index < -0.39 is 0 Å². The molecule has 6 nitrogen and oxygen atoms in total. The van der Waals surface area contributed by atoms with E-state index in [4.69, 9.17) is 4.42 Å². The molecule has 1 atom stereocenters. The predicted molar refractivity (Wildman–Crippen MR) is 113 cm³/mol. The zero-order valence-electron chi connectivity index (χ0n) is 16.0. The van der Waals surface area contributed by atoms with Crippen LogP contribution >= 0.6 is 0 Å². The first-order chi connectivity index (χ1) is 14.3. The number of nitrogens with zero attached hydrogens (tertiary/aromatic N) is 3. The molecule has 146 valence electrons. The number of carbonyl (C=O) groups excluding carboxylic acids is 1. The van der Waals surface area contributed by atoms with E-state index in [1.54, 1.807) is 6.33 Å². The number of amides is 1. The summed E-state index contributed by atoms with van der Waals surface area (Å²) in [5, 5.41) is 4.06. The number of nitrogens with one attached hydrogen (secondary N) is 1. The summed E-state index contributed by atoms with van der Waals surface area (Å²) in [6, 6.07) is 17.9. The van der Waals surface area contributed by atoms with Crippen molar-refractivity contribution in [2.45, 2.75) is 19.4 Å². The van der Waals surface area contributed by atoms with Crippen molar-refractivity contribution < 1.29 is 9.21 Å². The second-order valence-corrected chi connectivity index (χ2v) is 7.46. The fourth-order valence-electron chi connectivity index (χ4n) is 4.05. The van der Waals surface area contributed by atoms with E-state index in [1.165, 1.54) is 0 Å². The molecule has 1 N–H and O–H groups in total. The molecule has 1 fully saturated rings. The van der Waals surface area contributed by atoms with Crippen molar-refractivity contribution in [1.82, 2.24) is 15.3 Å². The summed E-state index contributed by atoms with van der Waals surface area (Å²) >= 11 is 0. The van der Waals surface area contributed by atoms with Gasteiger partial charge in [0.2, 0.25) is 5.91 Å². The number of hydrogen-bond donors (Lipinski definition) is 1. The SMILES string of the molecule is O=C(NCc1ccccc1)[C@H]1CCCN(c2ncnc3c2oc2ccccc23)C1. The Bertz CT molecular complexity index is 1160. The van der Waals surface area contributed by atoms with Crippen LogP contribution in [0.2, 0.25) is 0 Å². The van der Waals surface area contributed by atoms with E-state index in [-0.39, 0.29) is 11.8 Å². The monoisotopic (exact) mass is 386 g/mol. The van der Waals surface area contributed by atoms with Gasteiger partial charge in [-0.05, 0) is 30.5 Å². The zero-order valence-corrected chi connectivity index (χ0v) is 16.0. The second-order valence-electron chi connectivity index (χ2n) is 7.46. The van der Waals surface area contributed by atoms with Crippen LogP contribution in [0.25, 0.3) is 22.1 Å². The van der Waals surface area contributed by atoms with Crippen molar-refractivity contribution in [2.75, 3.05) is 18.0 Å². The Kier molecular flexibility index (Phi) is 4.60. The van der Waals surface area contributed by atoms with Crippen LogP contribution in [0.15, 0.2) is 65.3 Å². The van der Waals surface area contributed by atoms with Crippen LogP contribution in [0, 0.1) is 5.92 Å². The van der Waals surface area contributed by atoms with Crippen molar-refractivity contribution in [3.63, 3.8) is 0 Å². The maximum atomic E-state index is 12.8. The first-order valence-corrected chi connectivity index (χ1v) is 9.98. The number of furan rings is 1. The molecule has 1 saturated heterocycles. The van der Waals surface area contributed by atoms with Crippen molar-refractivity contribution in [2.24, 2.45) is 5.92 Å². The Morgan fingerprint density at radius 3 is 2.83 bits per heavy atom. The van der Waals surface area contributed by atoms with Gasteiger partial charge in [0.05, 0.1) is 5.92 Å². The lowest BCUT2D eigenvalue weighted by Crippen LogP contribution is -2.43. The van der Waals surface area contributed by atoms with Crippen LogP contribution in [-0.2, 0) is 11.3 Å². The third-order valence-corrected chi connectivity index (χ3v) is 5.54. The molecule has 3 heterocycles. The Hall–Kier alpha value is -3.41. The van der Waals surface area contributed by atoms with Crippen molar-refractivity contribution in [3.05, 3.63) is 66.5 Å². The number of piperidine rings is 1. The molecule has 0 unspecified atom stereocenters. The Morgan fingerprint density at radius 1 is 1.10 bits per heavy atom. The van der Waals surface area contributed by atoms with E-state index in [2.05, 4.69) is 20.2 Å². The summed E-state index contributed by atoms with van der Waals surface area (Å²) in [6.45, 7) is 2.03. The normalized spacial score (nSPS) is 17.0. The van der Waals surface area contributed by atoms with Gasteiger partial charge in [-0.15, -0.1) is 0 Å². The largest absolute Gasteiger partial charge is 0.450 e. The molecule has 0 spiro atoms. The molecule has 0 bridgehead atoms. The fraction of sp³-hybridized carbons (Fsp3) is 0.261. The summed E-state index contributed by atoms with van der Waals surface area (Å²) in [4.78, 5) is 23.8. The molecule has 1 aliphatic rings. The molecule has 5 rings (SSSR count). The smallest absolute Gasteiger partial charge is 0.225 e. The number of carbonyl (C=O) groups is 1. The van der Waals surface area contributed by atoms with Gasteiger partial charge in [0, 0.05) is 25.0 Å². The first kappa shape index (κ1) is 17.7. The van der Waals surface area contributed by atoms with Crippen LogP contribution in [0.1, 0.15) is 18.4 Å². The first-order valence-electron chi connectivity index (χ1n) is 9.98. The van der Waals surface area contributed by atoms with E-state index in [0.717, 1.165) is 47.3 Å². The van der Waals surface area contributed by atoms with Crippen LogP contribution in [-0.4, -0.2) is 29.0 Å². The number of rotatable bonds is 4. The average Bonchev–Trinajstić information content (AvgIpc) is 3.17. The molecule has 2 aromatic carbocycles. The number of fused-ring (bicyclic) bond motifs is 3. The van der Waals surface area contributed by atoms with Gasteiger partial charge in [0.1, 0.15) is 17.4 Å².